The van der Waals surface area contributed by atoms with Crippen molar-refractivity contribution in [3.05, 3.63) is 71.3 Å². The molecule has 0 amide bonds. The molecule has 1 heterocycles. The van der Waals surface area contributed by atoms with Crippen molar-refractivity contribution in [2.75, 3.05) is 6.61 Å². The number of hydrogen-bond acceptors (Lipinski definition) is 5. The molecule has 0 N–H and O–H groups in total. The van der Waals surface area contributed by atoms with E-state index in [0.717, 1.165) is 0 Å². The van der Waals surface area contributed by atoms with Crippen molar-refractivity contribution in [1.82, 2.24) is 0 Å². The van der Waals surface area contributed by atoms with Gasteiger partial charge < -0.3 is 9.47 Å². The molecule has 0 spiro atoms. The minimum Gasteiger partial charge on any atom is -0.462 e. The first-order valence-electron chi connectivity index (χ1n) is 7.96. The second-order valence-corrected chi connectivity index (χ2v) is 6.65. The lowest BCUT2D eigenvalue weighted by molar-refractivity contribution is -0.145. The second-order valence-electron chi connectivity index (χ2n) is 6.65. The Kier molecular flexibility index (Phi) is 4.40. The molecule has 5 nitrogen and oxygen atoms in total. The molecule has 2 aromatic rings. The van der Waals surface area contributed by atoms with Crippen LogP contribution in [0.1, 0.15) is 40.1 Å². The van der Waals surface area contributed by atoms with Gasteiger partial charge in [-0.2, -0.15) is 0 Å². The first kappa shape index (κ1) is 16.9. The maximum Gasteiger partial charge on any atom is 0.348 e. The highest BCUT2D eigenvalue weighted by atomic mass is 16.6. The van der Waals surface area contributed by atoms with Gasteiger partial charge in [-0.05, 0) is 12.1 Å². The summed E-state index contributed by atoms with van der Waals surface area (Å²) in [6.45, 7) is 3.82. The quantitative estimate of drug-likeness (QED) is 0.633. The van der Waals surface area contributed by atoms with Gasteiger partial charge in [0.15, 0.2) is 5.78 Å². The smallest absolute Gasteiger partial charge is 0.348 e. The second kappa shape index (κ2) is 6.51. The molecule has 25 heavy (non-hydrogen) atoms. The number of cyclic esters (lactones) is 1. The number of esters is 2. The summed E-state index contributed by atoms with van der Waals surface area (Å²) in [5, 5.41) is 0. The Labute approximate surface area is 145 Å². The van der Waals surface area contributed by atoms with E-state index in [2.05, 4.69) is 0 Å². The third-order valence-corrected chi connectivity index (χ3v) is 4.15. The minimum atomic E-state index is -0.925. The van der Waals surface area contributed by atoms with Crippen molar-refractivity contribution < 1.29 is 23.9 Å². The fraction of sp³-hybridized carbons (Fsp3) is 0.250. The predicted octanol–water partition coefficient (Wildman–Crippen LogP) is 3.03. The number of ketones is 1. The SMILES string of the molecule is CC1(C)COC(=O)C1OC(=O)c1ccc(C(=O)c2ccccc2)cc1. The van der Waals surface area contributed by atoms with Crippen molar-refractivity contribution in [2.24, 2.45) is 5.41 Å². The number of ether oxygens (including phenoxy) is 2. The normalized spacial score (nSPS) is 18.5. The van der Waals surface area contributed by atoms with E-state index in [4.69, 9.17) is 9.47 Å². The van der Waals surface area contributed by atoms with Crippen LogP contribution in [-0.2, 0) is 14.3 Å². The molecule has 1 aliphatic rings. The van der Waals surface area contributed by atoms with Crippen LogP contribution in [0.4, 0.5) is 0 Å². The van der Waals surface area contributed by atoms with E-state index in [9.17, 15) is 14.4 Å². The topological polar surface area (TPSA) is 69.7 Å². The molecule has 0 radical (unpaired) electrons. The van der Waals surface area contributed by atoms with Crippen LogP contribution in [0, 0.1) is 5.41 Å². The zero-order valence-corrected chi connectivity index (χ0v) is 14.0. The summed E-state index contributed by atoms with van der Waals surface area (Å²) >= 11 is 0. The van der Waals surface area contributed by atoms with Crippen LogP contribution < -0.4 is 0 Å². The van der Waals surface area contributed by atoms with Crippen molar-refractivity contribution in [2.45, 2.75) is 20.0 Å². The Morgan fingerprint density at radius 1 is 0.960 bits per heavy atom. The van der Waals surface area contributed by atoms with Crippen LogP contribution in [0.25, 0.3) is 0 Å². The summed E-state index contributed by atoms with van der Waals surface area (Å²) in [6, 6.07) is 15.1. The first-order valence-corrected chi connectivity index (χ1v) is 7.96. The van der Waals surface area contributed by atoms with Crippen molar-refractivity contribution in [3.63, 3.8) is 0 Å². The Bertz CT molecular complexity index is 806. The fourth-order valence-corrected chi connectivity index (χ4v) is 2.62. The third kappa shape index (κ3) is 3.45. The average Bonchev–Trinajstić information content (AvgIpc) is 2.89. The van der Waals surface area contributed by atoms with Crippen LogP contribution in [0.3, 0.4) is 0 Å². The van der Waals surface area contributed by atoms with Crippen LogP contribution in [0.5, 0.6) is 0 Å². The number of rotatable bonds is 4. The summed E-state index contributed by atoms with van der Waals surface area (Å²) in [5.41, 5.74) is 0.771. The van der Waals surface area contributed by atoms with Crippen molar-refractivity contribution >= 4 is 17.7 Å². The molecule has 128 valence electrons. The molecule has 5 heteroatoms. The van der Waals surface area contributed by atoms with Gasteiger partial charge in [-0.1, -0.05) is 56.3 Å². The minimum absolute atomic E-state index is 0.124. The zero-order valence-electron chi connectivity index (χ0n) is 14.0. The van der Waals surface area contributed by atoms with Crippen LogP contribution in [0.2, 0.25) is 0 Å². The summed E-state index contributed by atoms with van der Waals surface area (Å²) in [5.74, 6) is -1.27. The summed E-state index contributed by atoms with van der Waals surface area (Å²) in [7, 11) is 0. The molecule has 1 saturated heterocycles. The maximum atomic E-state index is 12.4. The van der Waals surface area contributed by atoms with Gasteiger partial charge >= 0.3 is 11.9 Å². The van der Waals surface area contributed by atoms with Gasteiger partial charge in [0.2, 0.25) is 6.10 Å². The van der Waals surface area contributed by atoms with E-state index < -0.39 is 23.5 Å². The molecule has 0 aromatic heterocycles. The fourth-order valence-electron chi connectivity index (χ4n) is 2.62. The summed E-state index contributed by atoms with van der Waals surface area (Å²) < 4.78 is 10.3. The lowest BCUT2D eigenvalue weighted by Crippen LogP contribution is -2.34. The average molecular weight is 338 g/mol. The van der Waals surface area contributed by atoms with Gasteiger partial charge in [-0.3, -0.25) is 4.79 Å². The van der Waals surface area contributed by atoms with Crippen molar-refractivity contribution in [1.29, 1.82) is 0 Å². The van der Waals surface area contributed by atoms with Gasteiger partial charge in [0.1, 0.15) is 6.61 Å². The number of benzene rings is 2. The molecular weight excluding hydrogens is 320 g/mol. The molecule has 2 aromatic carbocycles. The molecular formula is C20H18O5. The van der Waals surface area contributed by atoms with Crippen LogP contribution in [-0.4, -0.2) is 30.4 Å². The largest absolute Gasteiger partial charge is 0.462 e. The zero-order chi connectivity index (χ0) is 18.0. The molecule has 3 rings (SSSR count). The van der Waals surface area contributed by atoms with Gasteiger partial charge in [-0.15, -0.1) is 0 Å². The van der Waals surface area contributed by atoms with E-state index in [0.29, 0.717) is 11.1 Å². The summed E-state index contributed by atoms with van der Waals surface area (Å²) in [4.78, 5) is 36.3. The van der Waals surface area contributed by atoms with Gasteiger partial charge in [0.25, 0.3) is 0 Å². The molecule has 1 aliphatic heterocycles. The van der Waals surface area contributed by atoms with Crippen LogP contribution >= 0.6 is 0 Å². The Morgan fingerprint density at radius 2 is 1.52 bits per heavy atom. The van der Waals surface area contributed by atoms with Crippen LogP contribution in [0.15, 0.2) is 54.6 Å². The molecule has 1 fully saturated rings. The first-order chi connectivity index (χ1) is 11.9. The van der Waals surface area contributed by atoms with Gasteiger partial charge in [-0.25, -0.2) is 9.59 Å². The van der Waals surface area contributed by atoms with Gasteiger partial charge in [0.05, 0.1) is 5.56 Å². The third-order valence-electron chi connectivity index (χ3n) is 4.15. The highest BCUT2D eigenvalue weighted by Crippen LogP contribution is 2.31. The molecule has 0 aliphatic carbocycles. The highest BCUT2D eigenvalue weighted by molar-refractivity contribution is 6.09. The van der Waals surface area contributed by atoms with E-state index in [1.54, 1.807) is 50.2 Å². The number of carbonyl (C=O) groups is 3. The lowest BCUT2D eigenvalue weighted by Gasteiger charge is -2.21. The molecule has 0 saturated carbocycles. The summed E-state index contributed by atoms with van der Waals surface area (Å²) in [6.07, 6.45) is -0.925. The van der Waals surface area contributed by atoms with E-state index >= 15 is 0 Å². The lowest BCUT2D eigenvalue weighted by atomic mass is 9.90. The monoisotopic (exact) mass is 338 g/mol. The Morgan fingerprint density at radius 3 is 2.08 bits per heavy atom. The van der Waals surface area contributed by atoms with E-state index in [1.165, 1.54) is 12.1 Å². The number of carbonyl (C=O) groups excluding carboxylic acids is 3. The molecule has 1 atom stereocenters. The maximum absolute atomic E-state index is 12.4. The Balaban J connectivity index is 1.73. The highest BCUT2D eigenvalue weighted by Gasteiger charge is 2.46. The van der Waals surface area contributed by atoms with Crippen molar-refractivity contribution in [3.8, 4) is 0 Å². The van der Waals surface area contributed by atoms with Gasteiger partial charge in [0, 0.05) is 16.5 Å². The number of hydrogen-bond donors (Lipinski definition) is 0. The van der Waals surface area contributed by atoms with E-state index in [-0.39, 0.29) is 18.0 Å². The predicted molar refractivity (Wildman–Crippen MR) is 90.3 cm³/mol. The Hall–Kier alpha value is -2.95. The molecule has 0 bridgehead atoms. The standard InChI is InChI=1S/C20H18O5/c1-20(2)12-24-19(23)17(20)25-18(22)15-10-8-14(9-11-15)16(21)13-6-4-3-5-7-13/h3-11,17H,12H2,1-2H3. The van der Waals surface area contributed by atoms with E-state index in [1.807, 2.05) is 6.07 Å². The molecule has 1 unspecified atom stereocenters.